The van der Waals surface area contributed by atoms with Crippen molar-refractivity contribution in [1.29, 1.82) is 0 Å². The van der Waals surface area contributed by atoms with E-state index in [1.54, 1.807) is 0 Å². The molecule has 4 bridgehead atoms. The van der Waals surface area contributed by atoms with Crippen LogP contribution < -0.4 is 0 Å². The van der Waals surface area contributed by atoms with Crippen LogP contribution in [0.3, 0.4) is 0 Å². The molecule has 0 aromatic rings. The van der Waals surface area contributed by atoms with Gasteiger partial charge in [-0.15, -0.1) is 0 Å². The second-order valence-corrected chi connectivity index (χ2v) is 12.4. The Balaban J connectivity index is 1.31. The lowest BCUT2D eigenvalue weighted by Crippen LogP contribution is -2.67. The lowest BCUT2D eigenvalue weighted by Gasteiger charge is -2.58. The van der Waals surface area contributed by atoms with Crippen LogP contribution in [0.15, 0.2) is 36.0 Å². The van der Waals surface area contributed by atoms with Gasteiger partial charge in [-0.3, -0.25) is 4.79 Å². The summed E-state index contributed by atoms with van der Waals surface area (Å²) < 4.78 is 36.5. The van der Waals surface area contributed by atoms with Gasteiger partial charge in [0.05, 0.1) is 30.8 Å². The van der Waals surface area contributed by atoms with Crippen molar-refractivity contribution in [3.05, 3.63) is 36.0 Å². The number of hydrogen-bond donors (Lipinski definition) is 1. The largest absolute Gasteiger partial charge is 0.463 e. The first kappa shape index (κ1) is 25.6. The number of allylic oxidation sites excluding steroid dienone is 3. The highest BCUT2D eigenvalue weighted by atomic mass is 16.7. The molecule has 10 atom stereocenters. The van der Waals surface area contributed by atoms with Crippen molar-refractivity contribution in [3.63, 3.8) is 0 Å². The standard InChI is InChI=1S/C29H34O10/c1-16-7-9-26-14-34-23(32)22-28(39-22)10-11-35-27(17(2)30,24(28)33)8-5-4-6-21(31)38-18-13-20(37-19(26)12-16)29(15-36-29)25(18,26)3/h4-6,8,12,18-20,22,24,33H,7,9-11,13-15H2,1-3H3/b6-4-,8-5+/t18-,19-,20-,22-,24-,25-,26-,27-,28+,29+/m1/s1. The monoisotopic (exact) mass is 542 g/mol. The third-order valence-corrected chi connectivity index (χ3v) is 10.8. The Hall–Kier alpha value is -2.37. The number of aliphatic hydroxyl groups excluding tert-OH is 1. The Kier molecular flexibility index (Phi) is 5.31. The summed E-state index contributed by atoms with van der Waals surface area (Å²) in [6.07, 6.45) is 6.29. The van der Waals surface area contributed by atoms with E-state index >= 15 is 0 Å². The van der Waals surface area contributed by atoms with Gasteiger partial charge in [-0.25, -0.2) is 9.59 Å². The van der Waals surface area contributed by atoms with Gasteiger partial charge in [-0.2, -0.15) is 0 Å². The second kappa shape index (κ2) is 8.10. The van der Waals surface area contributed by atoms with E-state index in [9.17, 15) is 19.5 Å². The number of ether oxygens (including phenoxy) is 6. The molecule has 1 saturated carbocycles. The Labute approximate surface area is 226 Å². The minimum atomic E-state index is -1.72. The predicted molar refractivity (Wildman–Crippen MR) is 132 cm³/mol. The van der Waals surface area contributed by atoms with E-state index in [0.717, 1.165) is 6.42 Å². The second-order valence-electron chi connectivity index (χ2n) is 12.4. The van der Waals surface area contributed by atoms with Crippen molar-refractivity contribution in [1.82, 2.24) is 0 Å². The van der Waals surface area contributed by atoms with Crippen molar-refractivity contribution < 1.29 is 47.9 Å². The van der Waals surface area contributed by atoms with Gasteiger partial charge < -0.3 is 33.5 Å². The number of Topliss-reactive ketones (excluding diaryl/α,β-unsaturated/α-hetero) is 1. The molecule has 0 aromatic carbocycles. The van der Waals surface area contributed by atoms with E-state index in [1.807, 2.05) is 0 Å². The molecule has 0 unspecified atom stereocenters. The number of cyclic esters (lactones) is 1. The number of epoxide rings is 2. The van der Waals surface area contributed by atoms with Gasteiger partial charge in [0, 0.05) is 24.3 Å². The molecule has 10 nitrogen and oxygen atoms in total. The first-order valence-electron chi connectivity index (χ1n) is 13.8. The van der Waals surface area contributed by atoms with Crippen molar-refractivity contribution in [3.8, 4) is 0 Å². The smallest absolute Gasteiger partial charge is 0.338 e. The summed E-state index contributed by atoms with van der Waals surface area (Å²) in [5, 5.41) is 11.4. The Morgan fingerprint density at radius 1 is 1.10 bits per heavy atom. The van der Waals surface area contributed by atoms with Gasteiger partial charge in [-0.05, 0) is 32.8 Å². The van der Waals surface area contributed by atoms with Gasteiger partial charge in [0.25, 0.3) is 0 Å². The molecule has 3 spiro atoms. The number of carbonyl (C=O) groups is 3. The highest BCUT2D eigenvalue weighted by Crippen LogP contribution is 2.72. The van der Waals surface area contributed by atoms with Gasteiger partial charge in [0.1, 0.15) is 30.0 Å². The molecule has 0 aromatic heterocycles. The Morgan fingerprint density at radius 3 is 2.64 bits per heavy atom. The zero-order valence-electron chi connectivity index (χ0n) is 22.3. The minimum absolute atomic E-state index is 0.0127. The zero-order chi connectivity index (χ0) is 27.4. The maximum Gasteiger partial charge on any atom is 0.338 e. The fraction of sp³-hybridized carbons (Fsp3) is 0.690. The highest BCUT2D eigenvalue weighted by Gasteiger charge is 2.83. The van der Waals surface area contributed by atoms with E-state index in [-0.39, 0.29) is 31.8 Å². The first-order chi connectivity index (χ1) is 18.5. The summed E-state index contributed by atoms with van der Waals surface area (Å²) in [4.78, 5) is 39.3. The molecular formula is C29H34O10. The normalized spacial score (nSPS) is 53.4. The molecule has 39 heavy (non-hydrogen) atoms. The van der Waals surface area contributed by atoms with Crippen molar-refractivity contribution >= 4 is 17.7 Å². The van der Waals surface area contributed by atoms with Crippen LogP contribution in [0.2, 0.25) is 0 Å². The van der Waals surface area contributed by atoms with Crippen molar-refractivity contribution in [2.24, 2.45) is 10.8 Å². The molecule has 0 radical (unpaired) electrons. The summed E-state index contributed by atoms with van der Waals surface area (Å²) in [6, 6.07) is 0. The van der Waals surface area contributed by atoms with Gasteiger partial charge >= 0.3 is 11.9 Å². The minimum Gasteiger partial charge on any atom is -0.463 e. The maximum atomic E-state index is 13.5. The van der Waals surface area contributed by atoms with Crippen LogP contribution in [0.1, 0.15) is 46.5 Å². The van der Waals surface area contributed by atoms with Crippen LogP contribution >= 0.6 is 0 Å². The van der Waals surface area contributed by atoms with Crippen LogP contribution in [-0.2, 0) is 42.8 Å². The number of aliphatic hydroxyl groups is 1. The van der Waals surface area contributed by atoms with E-state index in [1.165, 1.54) is 36.8 Å². The number of carbonyl (C=O) groups excluding carboxylic acids is 3. The van der Waals surface area contributed by atoms with Gasteiger partial charge in [0.2, 0.25) is 0 Å². The van der Waals surface area contributed by atoms with Gasteiger partial charge in [-0.1, -0.05) is 30.7 Å². The molecule has 4 saturated heterocycles. The average Bonchev–Trinajstić information content (AvgIpc) is 3.81. The summed E-state index contributed by atoms with van der Waals surface area (Å²) in [7, 11) is 0. The number of esters is 2. The topological polar surface area (TPSA) is 133 Å². The lowest BCUT2D eigenvalue weighted by molar-refractivity contribution is -0.233. The molecule has 210 valence electrons. The molecular weight excluding hydrogens is 508 g/mol. The number of fused-ring (bicyclic) bond motifs is 1. The summed E-state index contributed by atoms with van der Waals surface area (Å²) in [6.45, 7) is 6.05. The average molecular weight is 543 g/mol. The zero-order valence-corrected chi connectivity index (χ0v) is 22.3. The number of ketones is 1. The van der Waals surface area contributed by atoms with Crippen LogP contribution in [0.4, 0.5) is 0 Å². The van der Waals surface area contributed by atoms with E-state index in [0.29, 0.717) is 19.4 Å². The quantitative estimate of drug-likeness (QED) is 0.295. The third-order valence-electron chi connectivity index (χ3n) is 10.8. The SMILES string of the molecule is CC(=O)[C@@]12/C=C/C=C\C(=O)O[C@@H]3C[C@H]4O[C@@H]5C=C(C)CC[C@]5(COC(=O)[C@H]5O[C@]5(CCO1)[C@@H]2O)[C@]3(C)[C@]41CO1. The summed E-state index contributed by atoms with van der Waals surface area (Å²) in [5.41, 5.74) is -3.83. The van der Waals surface area contributed by atoms with E-state index in [4.69, 9.17) is 28.4 Å². The van der Waals surface area contributed by atoms with Crippen LogP contribution in [0.25, 0.3) is 0 Å². The first-order valence-corrected chi connectivity index (χ1v) is 13.8. The highest BCUT2D eigenvalue weighted by molar-refractivity contribution is 5.90. The summed E-state index contributed by atoms with van der Waals surface area (Å²) in [5.74, 6) is -1.59. The molecule has 5 fully saturated rings. The predicted octanol–water partition coefficient (Wildman–Crippen LogP) is 1.49. The van der Waals surface area contributed by atoms with E-state index < -0.39 is 63.7 Å². The lowest BCUT2D eigenvalue weighted by atomic mass is 9.51. The Morgan fingerprint density at radius 2 is 1.90 bits per heavy atom. The van der Waals surface area contributed by atoms with Crippen LogP contribution in [0.5, 0.6) is 0 Å². The van der Waals surface area contributed by atoms with Crippen LogP contribution in [-0.4, -0.2) is 90.0 Å². The van der Waals surface area contributed by atoms with Gasteiger partial charge in [0.15, 0.2) is 17.5 Å². The van der Waals surface area contributed by atoms with Crippen molar-refractivity contribution in [2.75, 3.05) is 19.8 Å². The summed E-state index contributed by atoms with van der Waals surface area (Å²) >= 11 is 0. The van der Waals surface area contributed by atoms with E-state index in [2.05, 4.69) is 19.9 Å². The molecule has 7 rings (SSSR count). The molecule has 10 heteroatoms. The Bertz CT molecular complexity index is 1230. The molecule has 0 amide bonds. The molecule has 5 heterocycles. The molecule has 7 aliphatic rings. The third kappa shape index (κ3) is 3.12. The maximum absolute atomic E-state index is 13.5. The molecule has 2 aliphatic carbocycles. The number of hydrogen-bond acceptors (Lipinski definition) is 10. The fourth-order valence-corrected chi connectivity index (χ4v) is 8.26. The molecule has 5 aliphatic heterocycles. The fourth-order valence-electron chi connectivity index (χ4n) is 8.26. The molecule has 1 N–H and O–H groups in total. The van der Waals surface area contributed by atoms with Crippen LogP contribution in [0, 0.1) is 10.8 Å². The number of rotatable bonds is 1. The van der Waals surface area contributed by atoms with Crippen molar-refractivity contribution in [2.45, 2.75) is 93.8 Å².